The summed E-state index contributed by atoms with van der Waals surface area (Å²) in [6.07, 6.45) is 18.3. The number of halogens is 1. The molecule has 0 amide bonds. The minimum Gasteiger partial charge on any atom is -0.359 e. The van der Waals surface area contributed by atoms with Crippen LogP contribution in [0.25, 0.3) is 10.8 Å². The third kappa shape index (κ3) is 2.89. The van der Waals surface area contributed by atoms with E-state index in [0.717, 1.165) is 45.1 Å². The van der Waals surface area contributed by atoms with Crippen LogP contribution in [0.1, 0.15) is 76.2 Å². The maximum atomic E-state index is 14.0. The Morgan fingerprint density at radius 2 is 2.03 bits per heavy atom. The number of likely N-dealkylation sites (tertiary alicyclic amines) is 1. The van der Waals surface area contributed by atoms with Gasteiger partial charge in [-0.1, -0.05) is 31.2 Å². The molecule has 6 aliphatic rings. The molecule has 2 saturated heterocycles. The summed E-state index contributed by atoms with van der Waals surface area (Å²) in [5.41, 5.74) is 4.47. The Morgan fingerprint density at radius 3 is 2.92 bits per heavy atom. The minimum absolute atomic E-state index is 0.111. The molecule has 3 aliphatic heterocycles. The number of hydrogen-bond acceptors (Lipinski definition) is 3. The molecule has 36 heavy (non-hydrogen) atoms. The van der Waals surface area contributed by atoms with Crippen molar-refractivity contribution < 1.29 is 9.13 Å². The molecule has 3 nitrogen and oxygen atoms in total. The van der Waals surface area contributed by atoms with Gasteiger partial charge in [-0.15, -0.1) is 0 Å². The molecule has 0 N–H and O–H groups in total. The molecule has 3 aliphatic carbocycles. The third-order valence-corrected chi connectivity index (χ3v) is 11.4. The molecule has 4 fully saturated rings. The van der Waals surface area contributed by atoms with Gasteiger partial charge in [0.25, 0.3) is 0 Å². The number of fused-ring (bicyclic) bond motifs is 2. The zero-order chi connectivity index (χ0) is 24.1. The van der Waals surface area contributed by atoms with Gasteiger partial charge in [0.1, 0.15) is 6.17 Å². The van der Waals surface area contributed by atoms with Gasteiger partial charge in [-0.25, -0.2) is 4.39 Å². The highest BCUT2D eigenvalue weighted by Crippen LogP contribution is 2.69. The van der Waals surface area contributed by atoms with Gasteiger partial charge in [0.15, 0.2) is 0 Å². The highest BCUT2D eigenvalue weighted by molar-refractivity contribution is 5.82. The first-order chi connectivity index (χ1) is 17.5. The Hall–Kier alpha value is -2.04. The Morgan fingerprint density at radius 1 is 1.08 bits per heavy atom. The van der Waals surface area contributed by atoms with Crippen molar-refractivity contribution in [3.63, 3.8) is 0 Å². The zero-order valence-electron chi connectivity index (χ0n) is 21.4. The lowest BCUT2D eigenvalue weighted by molar-refractivity contribution is -0.140. The lowest BCUT2D eigenvalue weighted by Crippen LogP contribution is -2.55. The molecule has 2 spiro atoms. The molecule has 188 valence electrons. The summed E-state index contributed by atoms with van der Waals surface area (Å²) in [4.78, 5) is 6.81. The van der Waals surface area contributed by atoms with Crippen molar-refractivity contribution in [3.05, 3.63) is 65.5 Å². The molecule has 4 heterocycles. The van der Waals surface area contributed by atoms with Gasteiger partial charge in [-0.05, 0) is 109 Å². The van der Waals surface area contributed by atoms with Crippen LogP contribution in [0, 0.1) is 11.3 Å². The van der Waals surface area contributed by atoms with Gasteiger partial charge in [0, 0.05) is 36.9 Å². The summed E-state index contributed by atoms with van der Waals surface area (Å²) in [7, 11) is 0. The van der Waals surface area contributed by atoms with E-state index in [1.807, 2.05) is 12.4 Å². The highest BCUT2D eigenvalue weighted by Gasteiger charge is 2.66. The average Bonchev–Trinajstić information content (AvgIpc) is 3.57. The molecule has 2 bridgehead atoms. The van der Waals surface area contributed by atoms with Gasteiger partial charge in [-0.3, -0.25) is 9.88 Å². The van der Waals surface area contributed by atoms with Crippen LogP contribution in [-0.4, -0.2) is 46.4 Å². The van der Waals surface area contributed by atoms with E-state index >= 15 is 0 Å². The van der Waals surface area contributed by atoms with Crippen molar-refractivity contribution in [3.8, 4) is 0 Å². The van der Waals surface area contributed by atoms with Gasteiger partial charge in [-0.2, -0.15) is 0 Å². The fraction of sp³-hybridized carbons (Fsp3) is 0.594. The number of pyridine rings is 1. The van der Waals surface area contributed by atoms with Crippen LogP contribution in [0.5, 0.6) is 0 Å². The van der Waals surface area contributed by atoms with Crippen LogP contribution >= 0.6 is 0 Å². The standard InChI is InChI=1S/C32H37FN2O/c1-30-11-8-25-17-24-4-5-27(35-15-10-26(33)20-35)18-31(24)12-13-32(25,36-31)29(30)7-6-28(30)22-3-2-21-9-14-34-19-23(21)16-22/h2-3,8-9,14,16-17,19,26-29H,4-7,10-13,15,18,20H2,1H3/t26-,27?,28?,29+,30+,31+,32+/m0/s1. The number of aromatic nitrogens is 1. The number of hydrogen-bond donors (Lipinski definition) is 0. The largest absolute Gasteiger partial charge is 0.359 e. The molecule has 7 atom stereocenters. The number of ether oxygens (including phenoxy) is 1. The van der Waals surface area contributed by atoms with E-state index < -0.39 is 6.17 Å². The molecule has 2 aromatic rings. The Balaban J connectivity index is 1.14. The molecule has 4 heteroatoms. The first kappa shape index (κ1) is 22.0. The predicted octanol–water partition coefficient (Wildman–Crippen LogP) is 6.89. The molecular formula is C32H37FN2O. The smallest absolute Gasteiger partial charge is 0.114 e. The van der Waals surface area contributed by atoms with Crippen LogP contribution < -0.4 is 0 Å². The second-order valence-corrected chi connectivity index (χ2v) is 13.0. The predicted molar refractivity (Wildman–Crippen MR) is 141 cm³/mol. The first-order valence-corrected chi connectivity index (χ1v) is 14.3. The highest BCUT2D eigenvalue weighted by atomic mass is 19.1. The monoisotopic (exact) mass is 484 g/mol. The lowest BCUT2D eigenvalue weighted by Gasteiger charge is -2.55. The number of nitrogens with zero attached hydrogens (tertiary/aromatic N) is 2. The van der Waals surface area contributed by atoms with Crippen molar-refractivity contribution in [2.75, 3.05) is 13.1 Å². The summed E-state index contributed by atoms with van der Waals surface area (Å²) in [6.45, 7) is 4.09. The molecular weight excluding hydrogens is 447 g/mol. The summed E-state index contributed by atoms with van der Waals surface area (Å²) in [5.74, 6) is 1.11. The van der Waals surface area contributed by atoms with Crippen molar-refractivity contribution in [2.24, 2.45) is 11.3 Å². The number of benzene rings is 1. The number of rotatable bonds is 2. The van der Waals surface area contributed by atoms with Crippen LogP contribution in [0.15, 0.2) is 60.0 Å². The normalized spacial score (nSPS) is 43.6. The van der Waals surface area contributed by atoms with Crippen LogP contribution in [0.3, 0.4) is 0 Å². The molecule has 8 rings (SSSR count). The summed E-state index contributed by atoms with van der Waals surface area (Å²) in [6, 6.07) is 9.63. The second-order valence-electron chi connectivity index (χ2n) is 13.0. The van der Waals surface area contributed by atoms with Crippen molar-refractivity contribution in [2.45, 2.75) is 94.0 Å². The Labute approximate surface area is 213 Å². The fourth-order valence-corrected chi connectivity index (χ4v) is 9.64. The van der Waals surface area contributed by atoms with Gasteiger partial charge in [0.2, 0.25) is 0 Å². The van der Waals surface area contributed by atoms with Gasteiger partial charge < -0.3 is 4.74 Å². The van der Waals surface area contributed by atoms with E-state index in [1.165, 1.54) is 40.3 Å². The fourth-order valence-electron chi connectivity index (χ4n) is 9.64. The van der Waals surface area contributed by atoms with Crippen molar-refractivity contribution >= 4 is 10.8 Å². The average molecular weight is 485 g/mol. The third-order valence-electron chi connectivity index (χ3n) is 11.4. The molecule has 1 aromatic heterocycles. The minimum atomic E-state index is -0.642. The maximum absolute atomic E-state index is 14.0. The molecule has 2 unspecified atom stereocenters. The SMILES string of the molecule is C[C@]12CC=C3C=C4CCC(N5CC[C@H](F)C5)C[C@]45CC[C@]3(O5)[C@@H]1CCC2c1ccc2ccncc2c1. The van der Waals surface area contributed by atoms with Gasteiger partial charge >= 0.3 is 0 Å². The van der Waals surface area contributed by atoms with Gasteiger partial charge in [0.05, 0.1) is 11.2 Å². The Bertz CT molecular complexity index is 1300. The summed E-state index contributed by atoms with van der Waals surface area (Å²) in [5, 5.41) is 2.52. The molecule has 0 radical (unpaired) electrons. The van der Waals surface area contributed by atoms with Crippen LogP contribution in [0.4, 0.5) is 4.39 Å². The quantitative estimate of drug-likeness (QED) is 0.464. The maximum Gasteiger partial charge on any atom is 0.114 e. The Kier molecular flexibility index (Phi) is 4.59. The summed E-state index contributed by atoms with van der Waals surface area (Å²) >= 11 is 0. The topological polar surface area (TPSA) is 25.4 Å². The zero-order valence-corrected chi connectivity index (χ0v) is 21.4. The lowest BCUT2D eigenvalue weighted by atomic mass is 9.58. The number of alkyl halides is 1. The van der Waals surface area contributed by atoms with E-state index in [0.29, 0.717) is 30.8 Å². The van der Waals surface area contributed by atoms with E-state index in [-0.39, 0.29) is 16.6 Å². The van der Waals surface area contributed by atoms with Crippen LogP contribution in [0.2, 0.25) is 0 Å². The van der Waals surface area contributed by atoms with E-state index in [1.54, 1.807) is 0 Å². The molecule has 1 aromatic carbocycles. The molecule has 2 saturated carbocycles. The number of allylic oxidation sites excluding steroid dienone is 1. The second kappa shape index (κ2) is 7.51. The van der Waals surface area contributed by atoms with E-state index in [4.69, 9.17) is 4.74 Å². The van der Waals surface area contributed by atoms with Crippen molar-refractivity contribution in [1.82, 2.24) is 9.88 Å². The van der Waals surface area contributed by atoms with E-state index in [9.17, 15) is 4.39 Å². The summed E-state index contributed by atoms with van der Waals surface area (Å²) < 4.78 is 21.5. The first-order valence-electron chi connectivity index (χ1n) is 14.3. The van der Waals surface area contributed by atoms with Crippen LogP contribution in [-0.2, 0) is 4.74 Å². The van der Waals surface area contributed by atoms with Crippen molar-refractivity contribution in [1.29, 1.82) is 0 Å². The van der Waals surface area contributed by atoms with E-state index in [2.05, 4.69) is 53.2 Å².